The van der Waals surface area contributed by atoms with Gasteiger partial charge in [-0.15, -0.1) is 0 Å². The number of rotatable bonds is 14. The number of benzene rings is 3. The quantitative estimate of drug-likeness (QED) is 0.114. The number of aromatic nitrogens is 3. The molecule has 0 bridgehead atoms. The number of halogens is 1. The topological polar surface area (TPSA) is 117 Å². The molecule has 4 heterocycles. The Morgan fingerprint density at radius 1 is 0.842 bits per heavy atom. The lowest BCUT2D eigenvalue weighted by molar-refractivity contribution is 0.0904. The van der Waals surface area contributed by atoms with E-state index < -0.39 is 0 Å². The van der Waals surface area contributed by atoms with E-state index in [0.29, 0.717) is 42.9 Å². The van der Waals surface area contributed by atoms with Gasteiger partial charge in [0.25, 0.3) is 11.8 Å². The number of ether oxygens (including phenoxy) is 1. The molecule has 0 radical (unpaired) electrons. The average molecular weight is 775 g/mol. The highest BCUT2D eigenvalue weighted by Gasteiger charge is 2.23. The molecule has 2 aliphatic heterocycles. The Balaban J connectivity index is 1.03. The summed E-state index contributed by atoms with van der Waals surface area (Å²) >= 11 is 0. The molecule has 0 aliphatic carbocycles. The second-order valence-electron chi connectivity index (χ2n) is 15.2. The van der Waals surface area contributed by atoms with Crippen molar-refractivity contribution in [3.8, 4) is 11.1 Å². The van der Waals surface area contributed by atoms with E-state index in [0.717, 1.165) is 102 Å². The lowest BCUT2D eigenvalue weighted by atomic mass is 10.00. The number of carbonyl (C=O) groups is 2. The first-order chi connectivity index (χ1) is 27.7. The molecule has 300 valence electrons. The van der Waals surface area contributed by atoms with Crippen molar-refractivity contribution in [2.45, 2.75) is 79.2 Å². The standard InChI is InChI=1S/C45H55FN8O3/c1-5-41-38(42(50-36-13-19-57-20-14-36)39-28-49-54(7-3)43(39)51-41)27-48-45(56)35-22-30(4)21-34(25-35)44(55)47-26-31-11-12-40(46)37(24-31)33-10-8-9-32(23-33)29-53-17-15-52(6-2)16-18-53/h8-12,21-25,28,36H,5-7,13-20,26-27,29H2,1-4H3,(H,47,55)(H,48,56)(H,50,51). The van der Waals surface area contributed by atoms with E-state index in [1.807, 2.05) is 36.9 Å². The molecule has 0 spiro atoms. The van der Waals surface area contributed by atoms with Gasteiger partial charge in [0.1, 0.15) is 5.82 Å². The van der Waals surface area contributed by atoms with E-state index in [9.17, 15) is 9.59 Å². The summed E-state index contributed by atoms with van der Waals surface area (Å²) < 4.78 is 22.7. The molecule has 0 atom stereocenters. The SMILES string of the molecule is CCc1nc2c(cnn2CC)c(NC2CCOCC2)c1CNC(=O)c1cc(C)cc(C(=O)NCc2ccc(F)c(-c3cccc(CN4CCN(CC)CC4)c3)c2)c1. The van der Waals surface area contributed by atoms with Gasteiger partial charge in [0.15, 0.2) is 5.65 Å². The van der Waals surface area contributed by atoms with Crippen LogP contribution in [-0.2, 0) is 37.3 Å². The Hall–Kier alpha value is -5.17. The maximum absolute atomic E-state index is 15.2. The lowest BCUT2D eigenvalue weighted by Gasteiger charge is -2.34. The van der Waals surface area contributed by atoms with Crippen molar-refractivity contribution in [2.24, 2.45) is 0 Å². The summed E-state index contributed by atoms with van der Waals surface area (Å²) in [5, 5.41) is 15.4. The summed E-state index contributed by atoms with van der Waals surface area (Å²) in [7, 11) is 0. The molecule has 57 heavy (non-hydrogen) atoms. The third-order valence-corrected chi connectivity index (χ3v) is 11.2. The second-order valence-corrected chi connectivity index (χ2v) is 15.2. The molecule has 12 heteroatoms. The molecule has 3 N–H and O–H groups in total. The molecular weight excluding hydrogens is 720 g/mol. The van der Waals surface area contributed by atoms with Crippen LogP contribution in [0.25, 0.3) is 22.2 Å². The molecule has 2 fully saturated rings. The number of amides is 2. The fourth-order valence-electron chi connectivity index (χ4n) is 7.96. The van der Waals surface area contributed by atoms with Crippen LogP contribution in [0, 0.1) is 12.7 Å². The van der Waals surface area contributed by atoms with Crippen LogP contribution in [-0.4, -0.2) is 88.4 Å². The third-order valence-electron chi connectivity index (χ3n) is 11.2. The molecule has 0 saturated carbocycles. The average Bonchev–Trinajstić information content (AvgIpc) is 3.66. The highest BCUT2D eigenvalue weighted by atomic mass is 19.1. The maximum Gasteiger partial charge on any atom is 0.251 e. The first-order valence-corrected chi connectivity index (χ1v) is 20.4. The Labute approximate surface area is 335 Å². The summed E-state index contributed by atoms with van der Waals surface area (Å²) in [6.07, 6.45) is 4.32. The Kier molecular flexibility index (Phi) is 12.9. The summed E-state index contributed by atoms with van der Waals surface area (Å²) in [6, 6.07) is 18.4. The maximum atomic E-state index is 15.2. The molecule has 0 unspecified atom stereocenters. The minimum absolute atomic E-state index is 0.204. The smallest absolute Gasteiger partial charge is 0.251 e. The zero-order valence-electron chi connectivity index (χ0n) is 33.7. The fourth-order valence-corrected chi connectivity index (χ4v) is 7.96. The van der Waals surface area contributed by atoms with Gasteiger partial charge in [-0.05, 0) is 98.3 Å². The number of fused-ring (bicyclic) bond motifs is 1. The number of nitrogens with one attached hydrogen (secondary N) is 3. The van der Waals surface area contributed by atoms with Crippen molar-refractivity contribution in [3.63, 3.8) is 0 Å². The van der Waals surface area contributed by atoms with E-state index >= 15 is 4.39 Å². The molecule has 5 aromatic rings. The van der Waals surface area contributed by atoms with Crippen molar-refractivity contribution >= 4 is 28.5 Å². The van der Waals surface area contributed by atoms with Gasteiger partial charge < -0.3 is 25.6 Å². The number of hydrogen-bond donors (Lipinski definition) is 3. The third kappa shape index (κ3) is 9.52. The van der Waals surface area contributed by atoms with Crippen LogP contribution >= 0.6 is 0 Å². The van der Waals surface area contributed by atoms with Crippen molar-refractivity contribution in [1.82, 2.24) is 35.2 Å². The minimum Gasteiger partial charge on any atom is -0.381 e. The van der Waals surface area contributed by atoms with Gasteiger partial charge in [0.2, 0.25) is 0 Å². The van der Waals surface area contributed by atoms with E-state index in [1.54, 1.807) is 30.3 Å². The van der Waals surface area contributed by atoms with Gasteiger partial charge in [-0.25, -0.2) is 14.1 Å². The van der Waals surface area contributed by atoms with Crippen molar-refractivity contribution < 1.29 is 18.7 Å². The van der Waals surface area contributed by atoms with Crippen LogP contribution in [0.4, 0.5) is 10.1 Å². The number of carbonyl (C=O) groups excluding carboxylic acids is 2. The lowest BCUT2D eigenvalue weighted by Crippen LogP contribution is -2.45. The van der Waals surface area contributed by atoms with Crippen molar-refractivity contribution in [3.05, 3.63) is 112 Å². The molecular formula is C45H55FN8O3. The zero-order chi connectivity index (χ0) is 39.9. The first kappa shape index (κ1) is 40.0. The highest BCUT2D eigenvalue weighted by molar-refractivity contribution is 6.00. The molecule has 2 saturated heterocycles. The van der Waals surface area contributed by atoms with Crippen LogP contribution in [0.3, 0.4) is 0 Å². The van der Waals surface area contributed by atoms with Crippen LogP contribution in [0.1, 0.15) is 82.3 Å². The van der Waals surface area contributed by atoms with Gasteiger partial charge in [-0.1, -0.05) is 38.1 Å². The van der Waals surface area contributed by atoms with Gasteiger partial charge >= 0.3 is 0 Å². The van der Waals surface area contributed by atoms with Gasteiger partial charge in [0, 0.05) is 99.6 Å². The molecule has 2 aliphatic rings. The van der Waals surface area contributed by atoms with Crippen LogP contribution in [0.15, 0.2) is 66.9 Å². The number of likely N-dealkylation sites (N-methyl/N-ethyl adjacent to an activating group) is 1. The molecule has 3 aromatic carbocycles. The van der Waals surface area contributed by atoms with Crippen LogP contribution in [0.5, 0.6) is 0 Å². The molecule has 7 rings (SSSR count). The fraction of sp³-hybridized carbons (Fsp3) is 0.422. The molecule has 11 nitrogen and oxygen atoms in total. The van der Waals surface area contributed by atoms with Crippen LogP contribution in [0.2, 0.25) is 0 Å². The molecule has 2 aromatic heterocycles. The molecule has 2 amide bonds. The Morgan fingerprint density at radius 2 is 1.56 bits per heavy atom. The summed E-state index contributed by atoms with van der Waals surface area (Å²) in [6.45, 7) is 16.8. The van der Waals surface area contributed by atoms with Gasteiger partial charge in [-0.3, -0.25) is 14.5 Å². The van der Waals surface area contributed by atoms with E-state index in [2.05, 4.69) is 56.8 Å². The van der Waals surface area contributed by atoms with E-state index in [-0.39, 0.29) is 36.8 Å². The minimum atomic E-state index is -0.317. The second kappa shape index (κ2) is 18.4. The predicted octanol–water partition coefficient (Wildman–Crippen LogP) is 6.72. The summed E-state index contributed by atoms with van der Waals surface area (Å²) in [5.41, 5.74) is 8.39. The Bertz CT molecular complexity index is 2210. The van der Waals surface area contributed by atoms with Gasteiger partial charge in [-0.2, -0.15) is 5.10 Å². The van der Waals surface area contributed by atoms with Crippen LogP contribution < -0.4 is 16.0 Å². The summed E-state index contributed by atoms with van der Waals surface area (Å²) in [5.74, 6) is -0.912. The zero-order valence-corrected chi connectivity index (χ0v) is 33.7. The summed E-state index contributed by atoms with van der Waals surface area (Å²) in [4.78, 5) is 37.2. The normalized spacial score (nSPS) is 15.5. The van der Waals surface area contributed by atoms with E-state index in [4.69, 9.17) is 9.72 Å². The highest BCUT2D eigenvalue weighted by Crippen LogP contribution is 2.32. The Morgan fingerprint density at radius 3 is 2.26 bits per heavy atom. The van der Waals surface area contributed by atoms with Crippen molar-refractivity contribution in [2.75, 3.05) is 51.3 Å². The first-order valence-electron chi connectivity index (χ1n) is 20.4. The number of hydrogen-bond acceptors (Lipinski definition) is 8. The number of nitrogens with zero attached hydrogens (tertiary/aromatic N) is 5. The van der Waals surface area contributed by atoms with E-state index in [1.165, 1.54) is 6.07 Å². The number of anilines is 1. The van der Waals surface area contributed by atoms with Crippen molar-refractivity contribution in [1.29, 1.82) is 0 Å². The monoisotopic (exact) mass is 774 g/mol. The predicted molar refractivity (Wildman–Crippen MR) is 223 cm³/mol. The largest absolute Gasteiger partial charge is 0.381 e. The number of piperazine rings is 1. The van der Waals surface area contributed by atoms with Gasteiger partial charge in [0.05, 0.1) is 17.3 Å². The number of pyridine rings is 1. The number of aryl methyl sites for hydroxylation is 3.